The van der Waals surface area contributed by atoms with E-state index in [-0.39, 0.29) is 0 Å². The van der Waals surface area contributed by atoms with E-state index < -0.39 is 0 Å². The van der Waals surface area contributed by atoms with Crippen LogP contribution in [0.15, 0.2) is 12.3 Å². The van der Waals surface area contributed by atoms with E-state index in [2.05, 4.69) is 30.1 Å². The van der Waals surface area contributed by atoms with Gasteiger partial charge in [-0.2, -0.15) is 5.26 Å². The van der Waals surface area contributed by atoms with Crippen LogP contribution in [0.5, 0.6) is 0 Å². The van der Waals surface area contributed by atoms with Crippen LogP contribution < -0.4 is 5.32 Å². The average molecular weight is 248 g/mol. The van der Waals surface area contributed by atoms with E-state index in [4.69, 9.17) is 5.26 Å². The quantitative estimate of drug-likeness (QED) is 0.712. The van der Waals surface area contributed by atoms with Gasteiger partial charge in [0.15, 0.2) is 0 Å². The first-order chi connectivity index (χ1) is 8.71. The summed E-state index contributed by atoms with van der Waals surface area (Å²) >= 11 is 0. The maximum Gasteiger partial charge on any atom is 0.120 e. The second-order valence-corrected chi connectivity index (χ2v) is 4.51. The first kappa shape index (κ1) is 14.7. The fourth-order valence-electron chi connectivity index (χ4n) is 2.04. The lowest BCUT2D eigenvalue weighted by molar-refractivity contribution is 0.298. The highest BCUT2D eigenvalue weighted by Crippen LogP contribution is 2.05. The maximum atomic E-state index is 8.86. The molecule has 0 saturated heterocycles. The molecule has 100 valence electrons. The Morgan fingerprint density at radius 3 is 2.67 bits per heavy atom. The van der Waals surface area contributed by atoms with Gasteiger partial charge in [-0.15, -0.1) is 0 Å². The molecule has 0 bridgehead atoms. The van der Waals surface area contributed by atoms with Crippen molar-refractivity contribution in [2.75, 3.05) is 26.2 Å². The van der Waals surface area contributed by atoms with Crippen LogP contribution in [0.4, 0.5) is 0 Å². The summed E-state index contributed by atoms with van der Waals surface area (Å²) in [7, 11) is 1.91. The van der Waals surface area contributed by atoms with E-state index in [9.17, 15) is 0 Å². The minimum absolute atomic E-state index is 0.718. The molecule has 1 heterocycles. The van der Waals surface area contributed by atoms with Crippen molar-refractivity contribution in [3.8, 4) is 6.07 Å². The van der Waals surface area contributed by atoms with Crippen molar-refractivity contribution in [1.82, 2.24) is 14.8 Å². The van der Waals surface area contributed by atoms with Gasteiger partial charge in [0.25, 0.3) is 0 Å². The van der Waals surface area contributed by atoms with E-state index in [1.54, 1.807) is 0 Å². The van der Waals surface area contributed by atoms with Gasteiger partial charge in [-0.05, 0) is 44.2 Å². The molecule has 4 heteroatoms. The Hall–Kier alpha value is -1.31. The number of nitrogens with zero attached hydrogens (tertiary/aromatic N) is 3. The molecule has 18 heavy (non-hydrogen) atoms. The minimum atomic E-state index is 0.718. The first-order valence-electron chi connectivity index (χ1n) is 6.69. The zero-order valence-electron chi connectivity index (χ0n) is 11.7. The van der Waals surface area contributed by atoms with Crippen LogP contribution in [-0.4, -0.2) is 35.6 Å². The van der Waals surface area contributed by atoms with E-state index in [0.717, 1.165) is 38.4 Å². The number of hydrogen-bond donors (Lipinski definition) is 1. The van der Waals surface area contributed by atoms with Crippen LogP contribution in [-0.2, 0) is 13.6 Å². The third kappa shape index (κ3) is 4.52. The van der Waals surface area contributed by atoms with Crippen molar-refractivity contribution in [2.24, 2.45) is 7.05 Å². The van der Waals surface area contributed by atoms with E-state index >= 15 is 0 Å². The number of aryl methyl sites for hydroxylation is 1. The largest absolute Gasteiger partial charge is 0.342 e. The molecule has 0 aliphatic heterocycles. The van der Waals surface area contributed by atoms with Crippen LogP contribution in [0.25, 0.3) is 0 Å². The molecule has 0 aliphatic rings. The Balaban J connectivity index is 2.20. The minimum Gasteiger partial charge on any atom is -0.342 e. The number of aromatic nitrogens is 1. The topological polar surface area (TPSA) is 44.0 Å². The van der Waals surface area contributed by atoms with Gasteiger partial charge in [-0.3, -0.25) is 0 Å². The fourth-order valence-corrected chi connectivity index (χ4v) is 2.04. The van der Waals surface area contributed by atoms with E-state index in [0.29, 0.717) is 0 Å². The molecule has 1 aromatic heterocycles. The molecular weight excluding hydrogens is 224 g/mol. The molecule has 1 aromatic rings. The number of nitriles is 1. The summed E-state index contributed by atoms with van der Waals surface area (Å²) in [4.78, 5) is 2.43. The predicted octanol–water partition coefficient (Wildman–Crippen LogP) is 1.72. The Bertz CT molecular complexity index is 385. The number of nitrogens with one attached hydrogen (secondary N) is 1. The molecule has 0 saturated carbocycles. The highest BCUT2D eigenvalue weighted by molar-refractivity contribution is 5.28. The Morgan fingerprint density at radius 2 is 2.11 bits per heavy atom. The lowest BCUT2D eigenvalue weighted by Crippen LogP contribution is -2.27. The van der Waals surface area contributed by atoms with Crippen LogP contribution in [0.1, 0.15) is 31.5 Å². The van der Waals surface area contributed by atoms with Gasteiger partial charge < -0.3 is 14.8 Å². The summed E-state index contributed by atoms with van der Waals surface area (Å²) in [6.45, 7) is 9.66. The van der Waals surface area contributed by atoms with Crippen LogP contribution in [0.2, 0.25) is 0 Å². The lowest BCUT2D eigenvalue weighted by atomic mass is 10.3. The number of rotatable bonds is 8. The standard InChI is InChI=1S/C14H24N4/c1-4-18(5-2)8-6-7-16-11-13-9-14(10-15)17(3)12-13/h9,12,16H,4-8,11H2,1-3H3. The molecule has 0 unspecified atom stereocenters. The summed E-state index contributed by atoms with van der Waals surface area (Å²) in [5.41, 5.74) is 1.90. The van der Waals surface area contributed by atoms with E-state index in [1.165, 1.54) is 12.0 Å². The fraction of sp³-hybridized carbons (Fsp3) is 0.643. The SMILES string of the molecule is CCN(CC)CCCNCc1cc(C#N)n(C)c1. The zero-order chi connectivity index (χ0) is 13.4. The average Bonchev–Trinajstić information content (AvgIpc) is 2.74. The Labute approximate surface area is 110 Å². The Morgan fingerprint density at radius 1 is 1.39 bits per heavy atom. The van der Waals surface area contributed by atoms with Crippen molar-refractivity contribution < 1.29 is 0 Å². The highest BCUT2D eigenvalue weighted by atomic mass is 15.1. The zero-order valence-corrected chi connectivity index (χ0v) is 11.7. The molecule has 0 radical (unpaired) electrons. The molecule has 0 spiro atoms. The molecule has 0 aliphatic carbocycles. The molecule has 1 rings (SSSR count). The third-order valence-corrected chi connectivity index (χ3v) is 3.23. The van der Waals surface area contributed by atoms with Crippen molar-refractivity contribution in [1.29, 1.82) is 5.26 Å². The van der Waals surface area contributed by atoms with Crippen LogP contribution >= 0.6 is 0 Å². The van der Waals surface area contributed by atoms with Crippen molar-refractivity contribution in [3.63, 3.8) is 0 Å². The smallest absolute Gasteiger partial charge is 0.120 e. The predicted molar refractivity (Wildman–Crippen MR) is 74.2 cm³/mol. The van der Waals surface area contributed by atoms with Crippen molar-refractivity contribution in [2.45, 2.75) is 26.8 Å². The highest BCUT2D eigenvalue weighted by Gasteiger charge is 2.02. The summed E-state index contributed by atoms with van der Waals surface area (Å²) in [5, 5.41) is 12.3. The van der Waals surface area contributed by atoms with Crippen molar-refractivity contribution in [3.05, 3.63) is 23.5 Å². The number of hydrogen-bond acceptors (Lipinski definition) is 3. The summed E-state index contributed by atoms with van der Waals surface area (Å²) in [5.74, 6) is 0. The molecular formula is C14H24N4. The normalized spacial score (nSPS) is 10.8. The third-order valence-electron chi connectivity index (χ3n) is 3.23. The van der Waals surface area contributed by atoms with Crippen molar-refractivity contribution >= 4 is 0 Å². The second-order valence-electron chi connectivity index (χ2n) is 4.51. The Kier molecular flexibility index (Phi) is 6.48. The molecule has 1 N–H and O–H groups in total. The second kappa shape index (κ2) is 7.91. The van der Waals surface area contributed by atoms with E-state index in [1.807, 2.05) is 23.9 Å². The maximum absolute atomic E-state index is 8.86. The van der Waals surface area contributed by atoms with Crippen LogP contribution in [0.3, 0.4) is 0 Å². The van der Waals surface area contributed by atoms with Gasteiger partial charge in [0, 0.05) is 19.8 Å². The molecule has 4 nitrogen and oxygen atoms in total. The molecule has 0 amide bonds. The van der Waals surface area contributed by atoms with Gasteiger partial charge in [0.2, 0.25) is 0 Å². The van der Waals surface area contributed by atoms with Gasteiger partial charge in [0.1, 0.15) is 11.8 Å². The molecule has 0 atom stereocenters. The monoisotopic (exact) mass is 248 g/mol. The summed E-state index contributed by atoms with van der Waals surface area (Å²) < 4.78 is 1.87. The van der Waals surface area contributed by atoms with Gasteiger partial charge in [-0.1, -0.05) is 13.8 Å². The summed E-state index contributed by atoms with van der Waals surface area (Å²) in [6.07, 6.45) is 3.18. The lowest BCUT2D eigenvalue weighted by Gasteiger charge is -2.17. The summed E-state index contributed by atoms with van der Waals surface area (Å²) in [6, 6.07) is 4.12. The molecule has 0 aromatic carbocycles. The van der Waals surface area contributed by atoms with Gasteiger partial charge >= 0.3 is 0 Å². The van der Waals surface area contributed by atoms with Gasteiger partial charge in [-0.25, -0.2) is 0 Å². The first-order valence-corrected chi connectivity index (χ1v) is 6.69. The van der Waals surface area contributed by atoms with Crippen LogP contribution in [0, 0.1) is 11.3 Å². The van der Waals surface area contributed by atoms with Gasteiger partial charge in [0.05, 0.1) is 0 Å². The molecule has 0 fully saturated rings.